The molecule has 0 unspecified atom stereocenters. The molecule has 176 valence electrons. The Labute approximate surface area is 196 Å². The first kappa shape index (κ1) is 23.5. The SMILES string of the molecule is Cc1cccn2c(CN3CCCC[C@@H]3CCCO)c(C(=O)N(C)CCc3ccccc3)nc12. The van der Waals surface area contributed by atoms with Gasteiger partial charge < -0.3 is 14.4 Å². The largest absolute Gasteiger partial charge is 0.396 e. The monoisotopic (exact) mass is 448 g/mol. The molecule has 0 radical (unpaired) electrons. The van der Waals surface area contributed by atoms with E-state index in [1.54, 1.807) is 4.90 Å². The number of hydrogen-bond acceptors (Lipinski definition) is 4. The number of fused-ring (bicyclic) bond motifs is 1. The summed E-state index contributed by atoms with van der Waals surface area (Å²) in [5.41, 5.74) is 4.69. The Morgan fingerprint density at radius 1 is 1.18 bits per heavy atom. The van der Waals surface area contributed by atoms with E-state index in [0.717, 1.165) is 49.1 Å². The lowest BCUT2D eigenvalue weighted by Crippen LogP contribution is -2.40. The van der Waals surface area contributed by atoms with Gasteiger partial charge in [-0.2, -0.15) is 0 Å². The number of hydrogen-bond donors (Lipinski definition) is 1. The molecule has 6 heteroatoms. The second kappa shape index (κ2) is 10.9. The molecule has 0 spiro atoms. The van der Waals surface area contributed by atoms with Gasteiger partial charge in [0.05, 0.1) is 5.69 Å². The first-order chi connectivity index (χ1) is 16.1. The predicted octanol–water partition coefficient (Wildman–Crippen LogP) is 4.08. The van der Waals surface area contributed by atoms with Gasteiger partial charge in [0.2, 0.25) is 0 Å². The Morgan fingerprint density at radius 2 is 2.00 bits per heavy atom. The van der Waals surface area contributed by atoms with Crippen LogP contribution in [0.15, 0.2) is 48.7 Å². The molecule has 1 aliphatic heterocycles. The smallest absolute Gasteiger partial charge is 0.274 e. The normalized spacial score (nSPS) is 16.9. The molecule has 0 bridgehead atoms. The fraction of sp³-hybridized carbons (Fsp3) is 0.481. The summed E-state index contributed by atoms with van der Waals surface area (Å²) in [4.78, 5) is 22.7. The minimum absolute atomic E-state index is 0.0204. The van der Waals surface area contributed by atoms with E-state index in [9.17, 15) is 9.90 Å². The zero-order valence-corrected chi connectivity index (χ0v) is 19.9. The fourth-order valence-corrected chi connectivity index (χ4v) is 4.91. The van der Waals surface area contributed by atoms with Gasteiger partial charge in [-0.3, -0.25) is 9.69 Å². The number of likely N-dealkylation sites (N-methyl/N-ethyl adjacent to an activating group) is 1. The maximum Gasteiger partial charge on any atom is 0.274 e. The summed E-state index contributed by atoms with van der Waals surface area (Å²) in [5, 5.41) is 9.34. The summed E-state index contributed by atoms with van der Waals surface area (Å²) >= 11 is 0. The van der Waals surface area contributed by atoms with E-state index in [0.29, 0.717) is 24.8 Å². The molecule has 1 aliphatic rings. The number of benzene rings is 1. The quantitative estimate of drug-likeness (QED) is 0.536. The Kier molecular flexibility index (Phi) is 7.78. The first-order valence-corrected chi connectivity index (χ1v) is 12.2. The van der Waals surface area contributed by atoms with Gasteiger partial charge in [0.25, 0.3) is 5.91 Å². The molecule has 1 amide bonds. The highest BCUT2D eigenvalue weighted by Gasteiger charge is 2.28. The van der Waals surface area contributed by atoms with Crippen molar-refractivity contribution in [3.05, 3.63) is 71.2 Å². The van der Waals surface area contributed by atoms with Crippen LogP contribution in [0.3, 0.4) is 0 Å². The van der Waals surface area contributed by atoms with Crippen LogP contribution in [0.1, 0.15) is 59.4 Å². The Bertz CT molecular complexity index is 1060. The molecule has 3 aromatic rings. The van der Waals surface area contributed by atoms with Gasteiger partial charge in [0.15, 0.2) is 5.69 Å². The third-order valence-electron chi connectivity index (χ3n) is 6.87. The molecule has 2 aromatic heterocycles. The molecule has 1 aromatic carbocycles. The van der Waals surface area contributed by atoms with Crippen LogP contribution in [0, 0.1) is 6.92 Å². The van der Waals surface area contributed by atoms with Gasteiger partial charge in [-0.15, -0.1) is 0 Å². The summed E-state index contributed by atoms with van der Waals surface area (Å²) in [6.45, 7) is 4.65. The Balaban J connectivity index is 1.60. The molecule has 0 saturated carbocycles. The number of likely N-dealkylation sites (tertiary alicyclic amines) is 1. The van der Waals surface area contributed by atoms with Crippen LogP contribution in [0.5, 0.6) is 0 Å². The second-order valence-corrected chi connectivity index (χ2v) is 9.24. The third-order valence-corrected chi connectivity index (χ3v) is 6.87. The lowest BCUT2D eigenvalue weighted by molar-refractivity contribution is 0.0785. The van der Waals surface area contributed by atoms with Crippen molar-refractivity contribution in [2.75, 3.05) is 26.7 Å². The van der Waals surface area contributed by atoms with Crippen molar-refractivity contribution in [2.24, 2.45) is 0 Å². The van der Waals surface area contributed by atoms with E-state index in [4.69, 9.17) is 4.98 Å². The van der Waals surface area contributed by atoms with E-state index in [1.165, 1.54) is 18.4 Å². The van der Waals surface area contributed by atoms with Gasteiger partial charge in [-0.05, 0) is 62.8 Å². The summed E-state index contributed by atoms with van der Waals surface area (Å²) in [6.07, 6.45) is 8.21. The maximum atomic E-state index is 13.6. The van der Waals surface area contributed by atoms with Crippen LogP contribution >= 0.6 is 0 Å². The topological polar surface area (TPSA) is 61.1 Å². The summed E-state index contributed by atoms with van der Waals surface area (Å²) in [6, 6.07) is 14.8. The van der Waals surface area contributed by atoms with Gasteiger partial charge in [0.1, 0.15) is 5.65 Å². The number of nitrogens with zero attached hydrogens (tertiary/aromatic N) is 4. The zero-order chi connectivity index (χ0) is 23.2. The molecule has 1 saturated heterocycles. The molecule has 1 atom stereocenters. The number of rotatable bonds is 9. The number of piperidine rings is 1. The van der Waals surface area contributed by atoms with Gasteiger partial charge in [0, 0.05) is 39.0 Å². The standard InChI is InChI=1S/C27H36N4O2/c1-21-10-8-17-31-24(20-30-16-7-6-13-23(30)14-9-19-32)25(28-26(21)31)27(33)29(2)18-15-22-11-4-3-5-12-22/h3-5,8,10-12,17,23,32H,6-7,9,13-16,18-20H2,1-2H3/t23-/m1/s1. The molecular formula is C27H36N4O2. The van der Waals surface area contributed by atoms with Crippen LogP contribution in [-0.4, -0.2) is 63.0 Å². The number of aliphatic hydroxyl groups excluding tert-OH is 1. The fourth-order valence-electron chi connectivity index (χ4n) is 4.91. The lowest BCUT2D eigenvalue weighted by atomic mass is 9.97. The molecule has 6 nitrogen and oxygen atoms in total. The Hall–Kier alpha value is -2.70. The number of imidazole rings is 1. The molecule has 1 N–H and O–H groups in total. The van der Waals surface area contributed by atoms with Crippen molar-refractivity contribution in [3.63, 3.8) is 0 Å². The number of carbonyl (C=O) groups is 1. The van der Waals surface area contributed by atoms with E-state index in [-0.39, 0.29) is 12.5 Å². The molecule has 3 heterocycles. The number of aryl methyl sites for hydroxylation is 1. The lowest BCUT2D eigenvalue weighted by Gasteiger charge is -2.35. The maximum absolute atomic E-state index is 13.6. The number of amides is 1. The third kappa shape index (κ3) is 5.45. The Morgan fingerprint density at radius 3 is 2.79 bits per heavy atom. The van der Waals surface area contributed by atoms with Crippen molar-refractivity contribution in [2.45, 2.75) is 58.0 Å². The molecule has 33 heavy (non-hydrogen) atoms. The highest BCUT2D eigenvalue weighted by atomic mass is 16.3. The number of aromatic nitrogens is 2. The zero-order valence-electron chi connectivity index (χ0n) is 19.9. The van der Waals surface area contributed by atoms with E-state index in [1.807, 2.05) is 50.5 Å². The number of carbonyl (C=O) groups excluding carboxylic acids is 1. The van der Waals surface area contributed by atoms with Crippen LogP contribution < -0.4 is 0 Å². The van der Waals surface area contributed by atoms with Crippen molar-refractivity contribution in [3.8, 4) is 0 Å². The first-order valence-electron chi connectivity index (χ1n) is 12.2. The van der Waals surface area contributed by atoms with Crippen LogP contribution in [0.25, 0.3) is 5.65 Å². The van der Waals surface area contributed by atoms with Crippen LogP contribution in [0.4, 0.5) is 0 Å². The molecule has 0 aliphatic carbocycles. The molecular weight excluding hydrogens is 412 g/mol. The van der Waals surface area contributed by atoms with E-state index < -0.39 is 0 Å². The minimum atomic E-state index is -0.0204. The average molecular weight is 449 g/mol. The van der Waals surface area contributed by atoms with E-state index >= 15 is 0 Å². The van der Waals surface area contributed by atoms with Crippen LogP contribution in [0.2, 0.25) is 0 Å². The van der Waals surface area contributed by atoms with E-state index in [2.05, 4.69) is 21.4 Å². The summed E-state index contributed by atoms with van der Waals surface area (Å²) in [5.74, 6) is -0.0204. The van der Waals surface area contributed by atoms with Crippen molar-refractivity contribution in [1.29, 1.82) is 0 Å². The summed E-state index contributed by atoms with van der Waals surface area (Å²) < 4.78 is 2.10. The van der Waals surface area contributed by atoms with Crippen molar-refractivity contribution >= 4 is 11.6 Å². The minimum Gasteiger partial charge on any atom is -0.396 e. The van der Waals surface area contributed by atoms with Crippen molar-refractivity contribution in [1.82, 2.24) is 19.2 Å². The average Bonchev–Trinajstić information content (AvgIpc) is 3.21. The predicted molar refractivity (Wildman–Crippen MR) is 131 cm³/mol. The second-order valence-electron chi connectivity index (χ2n) is 9.24. The van der Waals surface area contributed by atoms with Crippen LogP contribution in [-0.2, 0) is 13.0 Å². The van der Waals surface area contributed by atoms with Gasteiger partial charge in [-0.25, -0.2) is 4.98 Å². The molecule has 1 fully saturated rings. The molecule has 4 rings (SSSR count). The highest BCUT2D eigenvalue weighted by Crippen LogP contribution is 2.26. The van der Waals surface area contributed by atoms with Gasteiger partial charge >= 0.3 is 0 Å². The van der Waals surface area contributed by atoms with Gasteiger partial charge in [-0.1, -0.05) is 42.8 Å². The van der Waals surface area contributed by atoms with Crippen molar-refractivity contribution < 1.29 is 9.90 Å². The number of pyridine rings is 1. The number of aliphatic hydroxyl groups is 1. The summed E-state index contributed by atoms with van der Waals surface area (Å²) in [7, 11) is 1.87. The highest BCUT2D eigenvalue weighted by molar-refractivity contribution is 5.94.